The van der Waals surface area contributed by atoms with E-state index < -0.39 is 0 Å². The van der Waals surface area contributed by atoms with Gasteiger partial charge in [-0.3, -0.25) is 0 Å². The lowest BCUT2D eigenvalue weighted by atomic mass is 9.81. The van der Waals surface area contributed by atoms with Gasteiger partial charge in [0.05, 0.1) is 6.10 Å². The highest BCUT2D eigenvalue weighted by Gasteiger charge is 2.30. The van der Waals surface area contributed by atoms with Gasteiger partial charge in [0.1, 0.15) is 0 Å². The quantitative estimate of drug-likeness (QED) is 0.751. The van der Waals surface area contributed by atoms with E-state index in [1.54, 1.807) is 0 Å². The highest BCUT2D eigenvalue weighted by Crippen LogP contribution is 2.30. The van der Waals surface area contributed by atoms with Gasteiger partial charge in [-0.2, -0.15) is 0 Å². The van der Waals surface area contributed by atoms with E-state index in [1.807, 2.05) is 0 Å². The molecule has 0 spiro atoms. The van der Waals surface area contributed by atoms with Crippen molar-refractivity contribution in [2.24, 2.45) is 5.92 Å². The van der Waals surface area contributed by atoms with Crippen LogP contribution in [0.1, 0.15) is 46.0 Å². The van der Waals surface area contributed by atoms with Gasteiger partial charge in [0.15, 0.2) is 0 Å². The van der Waals surface area contributed by atoms with Crippen molar-refractivity contribution in [1.82, 2.24) is 4.90 Å². The summed E-state index contributed by atoms with van der Waals surface area (Å²) < 4.78 is 0. The highest BCUT2D eigenvalue weighted by molar-refractivity contribution is 4.85. The van der Waals surface area contributed by atoms with Crippen molar-refractivity contribution in [2.45, 2.75) is 58.1 Å². The SMILES string of the molecule is CCCC1CCC(O)C(N(C)CC)C1. The molecule has 0 aromatic heterocycles. The number of aliphatic hydroxyl groups excluding tert-OH is 1. The fraction of sp³-hybridized carbons (Fsp3) is 1.00. The Kier molecular flexibility index (Phi) is 4.90. The minimum absolute atomic E-state index is 0.0898. The number of rotatable bonds is 4. The molecule has 2 nitrogen and oxygen atoms in total. The van der Waals surface area contributed by atoms with Crippen molar-refractivity contribution in [1.29, 1.82) is 0 Å². The predicted octanol–water partition coefficient (Wildman–Crippen LogP) is 2.27. The van der Waals surface area contributed by atoms with Crippen molar-refractivity contribution in [3.05, 3.63) is 0 Å². The molecule has 1 fully saturated rings. The summed E-state index contributed by atoms with van der Waals surface area (Å²) in [5, 5.41) is 9.91. The average Bonchev–Trinajstić information content (AvgIpc) is 2.20. The minimum atomic E-state index is -0.0898. The molecule has 84 valence electrons. The van der Waals surface area contributed by atoms with Gasteiger partial charge in [0.2, 0.25) is 0 Å². The fourth-order valence-corrected chi connectivity index (χ4v) is 2.59. The van der Waals surface area contributed by atoms with Crippen LogP contribution in [0, 0.1) is 5.92 Å². The predicted molar refractivity (Wildman–Crippen MR) is 60.3 cm³/mol. The lowest BCUT2D eigenvalue weighted by Crippen LogP contribution is -2.45. The Labute approximate surface area is 88.3 Å². The molecular weight excluding hydrogens is 174 g/mol. The first-order valence-corrected chi connectivity index (χ1v) is 6.07. The fourth-order valence-electron chi connectivity index (χ4n) is 2.59. The molecule has 0 aromatic carbocycles. The van der Waals surface area contributed by atoms with E-state index in [0.29, 0.717) is 6.04 Å². The van der Waals surface area contributed by atoms with Gasteiger partial charge in [0.25, 0.3) is 0 Å². The van der Waals surface area contributed by atoms with Crippen molar-refractivity contribution < 1.29 is 5.11 Å². The molecule has 1 saturated carbocycles. The summed E-state index contributed by atoms with van der Waals surface area (Å²) in [4.78, 5) is 2.30. The van der Waals surface area contributed by atoms with Gasteiger partial charge in [-0.05, 0) is 38.8 Å². The Balaban J connectivity index is 2.46. The zero-order valence-electron chi connectivity index (χ0n) is 9.87. The maximum Gasteiger partial charge on any atom is 0.0695 e. The van der Waals surface area contributed by atoms with Crippen molar-refractivity contribution in [3.63, 3.8) is 0 Å². The van der Waals surface area contributed by atoms with E-state index in [0.717, 1.165) is 18.9 Å². The summed E-state index contributed by atoms with van der Waals surface area (Å²) in [6, 6.07) is 0.408. The average molecular weight is 199 g/mol. The monoisotopic (exact) mass is 199 g/mol. The number of aliphatic hydroxyl groups is 1. The van der Waals surface area contributed by atoms with Gasteiger partial charge in [0, 0.05) is 6.04 Å². The van der Waals surface area contributed by atoms with E-state index in [2.05, 4.69) is 25.8 Å². The highest BCUT2D eigenvalue weighted by atomic mass is 16.3. The third-order valence-corrected chi connectivity index (χ3v) is 3.65. The molecule has 0 heterocycles. The smallest absolute Gasteiger partial charge is 0.0695 e. The molecule has 1 rings (SSSR count). The van der Waals surface area contributed by atoms with Crippen LogP contribution in [0.25, 0.3) is 0 Å². The molecule has 1 N–H and O–H groups in total. The van der Waals surface area contributed by atoms with E-state index >= 15 is 0 Å². The maximum absolute atomic E-state index is 9.91. The van der Waals surface area contributed by atoms with Crippen molar-refractivity contribution >= 4 is 0 Å². The standard InChI is InChI=1S/C12H25NO/c1-4-6-10-7-8-12(14)11(9-10)13(3)5-2/h10-12,14H,4-9H2,1-3H3. The number of likely N-dealkylation sites (N-methyl/N-ethyl adjacent to an activating group) is 1. The normalized spacial score (nSPS) is 33.6. The molecule has 1 aliphatic carbocycles. The van der Waals surface area contributed by atoms with Crippen LogP contribution in [0.2, 0.25) is 0 Å². The lowest BCUT2D eigenvalue weighted by molar-refractivity contribution is 0.0148. The molecule has 3 unspecified atom stereocenters. The van der Waals surface area contributed by atoms with E-state index in [4.69, 9.17) is 0 Å². The van der Waals surface area contributed by atoms with Crippen LogP contribution in [0.15, 0.2) is 0 Å². The Morgan fingerprint density at radius 2 is 2.00 bits per heavy atom. The van der Waals surface area contributed by atoms with Crippen molar-refractivity contribution in [3.8, 4) is 0 Å². The van der Waals surface area contributed by atoms with Gasteiger partial charge >= 0.3 is 0 Å². The first-order chi connectivity index (χ1) is 6.69. The molecular formula is C12H25NO. The molecule has 0 radical (unpaired) electrons. The topological polar surface area (TPSA) is 23.5 Å². The second-order valence-corrected chi connectivity index (χ2v) is 4.68. The summed E-state index contributed by atoms with van der Waals surface area (Å²) in [7, 11) is 2.13. The summed E-state index contributed by atoms with van der Waals surface area (Å²) in [6.45, 7) is 5.46. The molecule has 0 aromatic rings. The van der Waals surface area contributed by atoms with Gasteiger partial charge in [-0.15, -0.1) is 0 Å². The maximum atomic E-state index is 9.91. The second-order valence-electron chi connectivity index (χ2n) is 4.68. The molecule has 14 heavy (non-hydrogen) atoms. The third kappa shape index (κ3) is 2.96. The summed E-state index contributed by atoms with van der Waals surface area (Å²) in [5.41, 5.74) is 0. The molecule has 0 saturated heterocycles. The Bertz CT molecular complexity index is 156. The lowest BCUT2D eigenvalue weighted by Gasteiger charge is -2.38. The van der Waals surface area contributed by atoms with Crippen molar-refractivity contribution in [2.75, 3.05) is 13.6 Å². The summed E-state index contributed by atoms with van der Waals surface area (Å²) >= 11 is 0. The van der Waals surface area contributed by atoms with Crippen LogP contribution < -0.4 is 0 Å². The second kappa shape index (κ2) is 5.72. The number of hydrogen-bond acceptors (Lipinski definition) is 2. The zero-order chi connectivity index (χ0) is 10.6. The summed E-state index contributed by atoms with van der Waals surface area (Å²) in [6.07, 6.45) is 5.94. The van der Waals surface area contributed by atoms with Crippen LogP contribution in [0.4, 0.5) is 0 Å². The molecule has 0 aliphatic heterocycles. The minimum Gasteiger partial charge on any atom is -0.391 e. The first kappa shape index (κ1) is 12.0. The Morgan fingerprint density at radius 3 is 2.57 bits per heavy atom. The Hall–Kier alpha value is -0.0800. The van der Waals surface area contributed by atoms with Gasteiger partial charge < -0.3 is 10.0 Å². The van der Waals surface area contributed by atoms with Crippen LogP contribution in [-0.4, -0.2) is 35.7 Å². The molecule has 3 atom stereocenters. The van der Waals surface area contributed by atoms with E-state index in [1.165, 1.54) is 25.7 Å². The third-order valence-electron chi connectivity index (χ3n) is 3.65. The number of hydrogen-bond donors (Lipinski definition) is 1. The van der Waals surface area contributed by atoms with Crippen LogP contribution in [0.3, 0.4) is 0 Å². The molecule has 0 amide bonds. The Morgan fingerprint density at radius 1 is 1.29 bits per heavy atom. The first-order valence-electron chi connectivity index (χ1n) is 6.07. The van der Waals surface area contributed by atoms with E-state index in [9.17, 15) is 5.11 Å². The van der Waals surface area contributed by atoms with Crippen LogP contribution in [-0.2, 0) is 0 Å². The summed E-state index contributed by atoms with van der Waals surface area (Å²) in [5.74, 6) is 0.849. The van der Waals surface area contributed by atoms with Gasteiger partial charge in [-0.25, -0.2) is 0 Å². The molecule has 0 bridgehead atoms. The molecule has 2 heteroatoms. The number of nitrogens with zero attached hydrogens (tertiary/aromatic N) is 1. The van der Waals surface area contributed by atoms with Crippen LogP contribution >= 0.6 is 0 Å². The van der Waals surface area contributed by atoms with Crippen LogP contribution in [0.5, 0.6) is 0 Å². The van der Waals surface area contributed by atoms with Gasteiger partial charge in [-0.1, -0.05) is 26.7 Å². The zero-order valence-corrected chi connectivity index (χ0v) is 9.87. The largest absolute Gasteiger partial charge is 0.391 e. The van der Waals surface area contributed by atoms with E-state index in [-0.39, 0.29) is 6.10 Å². The molecule has 1 aliphatic rings.